The van der Waals surface area contributed by atoms with E-state index in [0.29, 0.717) is 25.9 Å². The summed E-state index contributed by atoms with van der Waals surface area (Å²) in [6.45, 7) is 3.04. The minimum atomic E-state index is -0.415. The first-order chi connectivity index (χ1) is 16.2. The third-order valence-electron chi connectivity index (χ3n) is 6.71. The van der Waals surface area contributed by atoms with Crippen molar-refractivity contribution in [2.24, 2.45) is 0 Å². The van der Waals surface area contributed by atoms with E-state index in [1.807, 2.05) is 24.3 Å². The quantitative estimate of drug-likeness (QED) is 0.621. The molecule has 2 amide bonds. The van der Waals surface area contributed by atoms with E-state index in [2.05, 4.69) is 34.5 Å². The third kappa shape index (κ3) is 5.86. The van der Waals surface area contributed by atoms with Crippen LogP contribution in [0.3, 0.4) is 0 Å². The average Bonchev–Trinajstić information content (AvgIpc) is 3.03. The molecule has 176 valence electrons. The number of anilines is 1. The monoisotopic (exact) mass is 449 g/mol. The van der Waals surface area contributed by atoms with Crippen molar-refractivity contribution < 1.29 is 14.3 Å². The summed E-state index contributed by atoms with van der Waals surface area (Å²) in [5, 5.41) is 3.12. The number of rotatable bonds is 8. The van der Waals surface area contributed by atoms with Gasteiger partial charge in [0.2, 0.25) is 11.8 Å². The minimum Gasteiger partial charge on any atom is -0.497 e. The summed E-state index contributed by atoms with van der Waals surface area (Å²) >= 11 is 0. The molecule has 0 saturated carbocycles. The van der Waals surface area contributed by atoms with Gasteiger partial charge in [-0.2, -0.15) is 0 Å². The number of methoxy groups -OCH3 is 1. The Hall–Kier alpha value is -3.02. The highest BCUT2D eigenvalue weighted by Gasteiger charge is 2.31. The molecule has 0 spiro atoms. The second-order valence-electron chi connectivity index (χ2n) is 9.00. The molecule has 1 fully saturated rings. The number of nitrogens with zero attached hydrogens (tertiary/aromatic N) is 2. The van der Waals surface area contributed by atoms with Crippen LogP contribution in [0, 0.1) is 0 Å². The number of fused-ring (bicyclic) bond motifs is 1. The van der Waals surface area contributed by atoms with Gasteiger partial charge in [0.15, 0.2) is 0 Å². The molecule has 4 rings (SSSR count). The number of aryl methyl sites for hydroxylation is 1. The second kappa shape index (κ2) is 11.2. The van der Waals surface area contributed by atoms with Crippen LogP contribution in [0.25, 0.3) is 0 Å². The fourth-order valence-electron chi connectivity index (χ4n) is 4.97. The zero-order chi connectivity index (χ0) is 23.0. The second-order valence-corrected chi connectivity index (χ2v) is 9.00. The molecule has 2 aromatic carbocycles. The highest BCUT2D eigenvalue weighted by Crippen LogP contribution is 2.26. The van der Waals surface area contributed by atoms with Gasteiger partial charge in [-0.05, 0) is 61.4 Å². The number of benzene rings is 2. The van der Waals surface area contributed by atoms with Crippen LogP contribution in [0.5, 0.6) is 5.75 Å². The summed E-state index contributed by atoms with van der Waals surface area (Å²) in [5.74, 6) is 0.780. The number of carbonyl (C=O) groups is 2. The Balaban J connectivity index is 1.34. The number of nitrogens with one attached hydrogen (secondary N) is 1. The first kappa shape index (κ1) is 23.1. The Bertz CT molecular complexity index is 961. The Morgan fingerprint density at radius 1 is 1.09 bits per heavy atom. The molecule has 6 nitrogen and oxygen atoms in total. The summed E-state index contributed by atoms with van der Waals surface area (Å²) in [6.07, 6.45) is 6.14. The molecule has 1 atom stereocenters. The molecule has 0 aliphatic carbocycles. The largest absolute Gasteiger partial charge is 0.497 e. The number of amides is 2. The zero-order valence-electron chi connectivity index (χ0n) is 19.6. The van der Waals surface area contributed by atoms with Crippen LogP contribution in [-0.4, -0.2) is 49.5 Å². The van der Waals surface area contributed by atoms with Gasteiger partial charge in [0.1, 0.15) is 11.8 Å². The molecule has 1 N–H and O–H groups in total. The van der Waals surface area contributed by atoms with Crippen molar-refractivity contribution in [3.8, 4) is 5.75 Å². The van der Waals surface area contributed by atoms with Gasteiger partial charge in [-0.3, -0.25) is 9.59 Å². The lowest BCUT2D eigenvalue weighted by Crippen LogP contribution is -2.48. The van der Waals surface area contributed by atoms with Crippen LogP contribution in [0.15, 0.2) is 48.5 Å². The van der Waals surface area contributed by atoms with Crippen molar-refractivity contribution in [2.45, 2.75) is 57.5 Å². The number of hydrogen-bond acceptors (Lipinski definition) is 4. The Labute approximate surface area is 196 Å². The van der Waals surface area contributed by atoms with Crippen LogP contribution in [0.4, 0.5) is 5.69 Å². The van der Waals surface area contributed by atoms with Gasteiger partial charge in [-0.15, -0.1) is 0 Å². The molecule has 0 aromatic heterocycles. The van der Waals surface area contributed by atoms with Crippen molar-refractivity contribution in [2.75, 3.05) is 31.6 Å². The van der Waals surface area contributed by atoms with Crippen LogP contribution < -0.4 is 15.0 Å². The topological polar surface area (TPSA) is 61.9 Å². The van der Waals surface area contributed by atoms with E-state index in [1.54, 1.807) is 12.0 Å². The predicted octanol–water partition coefficient (Wildman–Crippen LogP) is 3.93. The molecule has 6 heteroatoms. The molecule has 0 bridgehead atoms. The van der Waals surface area contributed by atoms with Crippen molar-refractivity contribution >= 4 is 17.5 Å². The van der Waals surface area contributed by atoms with Crippen LogP contribution in [-0.2, 0) is 22.6 Å². The van der Waals surface area contributed by atoms with E-state index < -0.39 is 6.04 Å². The van der Waals surface area contributed by atoms with Gasteiger partial charge < -0.3 is 19.9 Å². The van der Waals surface area contributed by atoms with Gasteiger partial charge in [0.25, 0.3) is 0 Å². The molecular formula is C27H35N3O3. The predicted molar refractivity (Wildman–Crippen MR) is 130 cm³/mol. The highest BCUT2D eigenvalue weighted by molar-refractivity contribution is 5.88. The molecule has 2 heterocycles. The van der Waals surface area contributed by atoms with Crippen LogP contribution >= 0.6 is 0 Å². The van der Waals surface area contributed by atoms with Gasteiger partial charge in [0.05, 0.1) is 7.11 Å². The third-order valence-corrected chi connectivity index (χ3v) is 6.71. The molecular weight excluding hydrogens is 414 g/mol. The maximum atomic E-state index is 13.1. The first-order valence-corrected chi connectivity index (χ1v) is 12.2. The lowest BCUT2D eigenvalue weighted by atomic mass is 10.0. The summed E-state index contributed by atoms with van der Waals surface area (Å²) in [7, 11) is 1.63. The van der Waals surface area contributed by atoms with E-state index in [4.69, 9.17) is 4.74 Å². The maximum Gasteiger partial charge on any atom is 0.242 e. The van der Waals surface area contributed by atoms with Gasteiger partial charge in [-0.1, -0.05) is 36.8 Å². The summed E-state index contributed by atoms with van der Waals surface area (Å²) < 4.78 is 5.32. The molecule has 2 aromatic rings. The maximum absolute atomic E-state index is 13.1. The standard InChI is InChI=1S/C27H35N3O3/c1-33-23-12-6-9-21(19-23)20-30-25(14-4-5-15-26(30)31)27(32)28-16-8-18-29-17-7-11-22-10-2-3-13-24(22)29/h2-3,6,9-10,12-13,19,25H,4-5,7-8,11,14-18,20H2,1H3,(H,28,32). The van der Waals surface area contributed by atoms with Crippen molar-refractivity contribution in [3.05, 3.63) is 59.7 Å². The van der Waals surface area contributed by atoms with E-state index in [9.17, 15) is 9.59 Å². The van der Waals surface area contributed by atoms with Crippen molar-refractivity contribution in [3.63, 3.8) is 0 Å². The number of para-hydroxylation sites is 1. The number of likely N-dealkylation sites (tertiary alicyclic amines) is 1. The lowest BCUT2D eigenvalue weighted by molar-refractivity contribution is -0.140. The van der Waals surface area contributed by atoms with Gasteiger partial charge >= 0.3 is 0 Å². The highest BCUT2D eigenvalue weighted by atomic mass is 16.5. The van der Waals surface area contributed by atoms with E-state index in [1.165, 1.54) is 17.7 Å². The Morgan fingerprint density at radius 2 is 1.97 bits per heavy atom. The molecule has 2 aliphatic heterocycles. The number of ether oxygens (including phenoxy) is 1. The van der Waals surface area contributed by atoms with E-state index in [0.717, 1.165) is 50.1 Å². The molecule has 2 aliphatic rings. The first-order valence-electron chi connectivity index (χ1n) is 12.2. The average molecular weight is 450 g/mol. The van der Waals surface area contributed by atoms with Gasteiger partial charge in [0, 0.05) is 38.3 Å². The number of carbonyl (C=O) groups excluding carboxylic acids is 2. The summed E-state index contributed by atoms with van der Waals surface area (Å²) in [5.41, 5.74) is 3.72. The molecule has 1 saturated heterocycles. The summed E-state index contributed by atoms with van der Waals surface area (Å²) in [6, 6.07) is 15.9. The zero-order valence-corrected chi connectivity index (χ0v) is 19.6. The normalized spacial score (nSPS) is 18.5. The fourth-order valence-corrected chi connectivity index (χ4v) is 4.97. The SMILES string of the molecule is COc1cccc(CN2C(=O)CCCCC2C(=O)NCCCN2CCCc3ccccc32)c1. The van der Waals surface area contributed by atoms with Crippen molar-refractivity contribution in [1.29, 1.82) is 0 Å². The molecule has 33 heavy (non-hydrogen) atoms. The molecule has 1 unspecified atom stereocenters. The Kier molecular flexibility index (Phi) is 7.87. The smallest absolute Gasteiger partial charge is 0.242 e. The van der Waals surface area contributed by atoms with Gasteiger partial charge in [-0.25, -0.2) is 0 Å². The van der Waals surface area contributed by atoms with E-state index in [-0.39, 0.29) is 11.8 Å². The summed E-state index contributed by atoms with van der Waals surface area (Å²) in [4.78, 5) is 30.2. The van der Waals surface area contributed by atoms with Crippen LogP contribution in [0.2, 0.25) is 0 Å². The Morgan fingerprint density at radius 3 is 2.85 bits per heavy atom. The van der Waals surface area contributed by atoms with Crippen LogP contribution in [0.1, 0.15) is 49.7 Å². The van der Waals surface area contributed by atoms with Crippen molar-refractivity contribution in [1.82, 2.24) is 10.2 Å². The lowest BCUT2D eigenvalue weighted by Gasteiger charge is -2.32. The van der Waals surface area contributed by atoms with E-state index >= 15 is 0 Å². The molecule has 0 radical (unpaired) electrons. The fraction of sp³-hybridized carbons (Fsp3) is 0.481. The minimum absolute atomic E-state index is 0.0350. The number of hydrogen-bond donors (Lipinski definition) is 1.